The molecule has 5 nitrogen and oxygen atoms in total. The van der Waals surface area contributed by atoms with Crippen LogP contribution in [0.15, 0.2) is 64.2 Å². The minimum absolute atomic E-state index is 0.00346. The molecule has 0 radical (unpaired) electrons. The second kappa shape index (κ2) is 6.80. The van der Waals surface area contributed by atoms with Crippen LogP contribution >= 0.6 is 11.8 Å². The Morgan fingerprint density at radius 3 is 2.58 bits per heavy atom. The van der Waals surface area contributed by atoms with Crippen LogP contribution in [-0.4, -0.2) is 26.4 Å². The molecule has 0 N–H and O–H groups in total. The third kappa shape index (κ3) is 2.93. The fourth-order valence-electron chi connectivity index (χ4n) is 3.00. The fraction of sp³-hybridized carbons (Fsp3) is 0.150. The van der Waals surface area contributed by atoms with Crippen LogP contribution < -0.4 is 0 Å². The number of hydrogen-bond donors (Lipinski definition) is 0. The quantitative estimate of drug-likeness (QED) is 0.490. The number of hydrogen-bond acceptors (Lipinski definition) is 5. The molecule has 0 aliphatic carbocycles. The molecular weight excluding hydrogens is 346 g/mol. The minimum Gasteiger partial charge on any atom is -0.411 e. The minimum atomic E-state index is -0.00346. The topological polar surface area (TPSA) is 60.9 Å². The predicted octanol–water partition coefficient (Wildman–Crippen LogP) is 4.74. The summed E-state index contributed by atoms with van der Waals surface area (Å²) in [7, 11) is 0. The van der Waals surface area contributed by atoms with Gasteiger partial charge in [0.25, 0.3) is 5.22 Å². The lowest BCUT2D eigenvalue weighted by molar-refractivity contribution is 0.0944. The van der Waals surface area contributed by atoms with E-state index in [9.17, 15) is 4.79 Å². The predicted molar refractivity (Wildman–Crippen MR) is 102 cm³/mol. The molecule has 0 fully saturated rings. The molecule has 6 heteroatoms. The van der Waals surface area contributed by atoms with Crippen LogP contribution in [0.25, 0.3) is 22.4 Å². The Balaban J connectivity index is 1.54. The van der Waals surface area contributed by atoms with Crippen LogP contribution in [-0.2, 0) is 0 Å². The Labute approximate surface area is 155 Å². The van der Waals surface area contributed by atoms with Crippen molar-refractivity contribution in [1.82, 2.24) is 14.8 Å². The molecule has 0 atom stereocenters. The summed E-state index contributed by atoms with van der Waals surface area (Å²) < 4.78 is 7.43. The van der Waals surface area contributed by atoms with Crippen molar-refractivity contribution in [1.29, 1.82) is 0 Å². The maximum Gasteiger partial charge on any atom is 0.277 e. The van der Waals surface area contributed by atoms with Crippen molar-refractivity contribution < 1.29 is 9.21 Å². The lowest BCUT2D eigenvalue weighted by Gasteiger charge is -2.05. The zero-order chi connectivity index (χ0) is 18.1. The van der Waals surface area contributed by atoms with Crippen molar-refractivity contribution in [3.63, 3.8) is 0 Å². The first-order chi connectivity index (χ1) is 12.6. The molecule has 2 heterocycles. The number of benzene rings is 2. The molecule has 130 valence electrons. The summed E-state index contributed by atoms with van der Waals surface area (Å²) in [6.45, 7) is 4.01. The van der Waals surface area contributed by atoms with Gasteiger partial charge in [0.15, 0.2) is 0 Å². The summed E-state index contributed by atoms with van der Waals surface area (Å²) in [5.41, 5.74) is 3.89. The van der Waals surface area contributed by atoms with Crippen molar-refractivity contribution in [2.75, 3.05) is 5.75 Å². The highest BCUT2D eigenvalue weighted by Gasteiger charge is 2.17. The third-order valence-electron chi connectivity index (χ3n) is 4.42. The number of rotatable bonds is 4. The van der Waals surface area contributed by atoms with Gasteiger partial charge in [-0.25, -0.2) is 0 Å². The van der Waals surface area contributed by atoms with Gasteiger partial charge in [-0.15, -0.1) is 10.2 Å². The van der Waals surface area contributed by atoms with Gasteiger partial charge in [0.05, 0.1) is 11.3 Å². The molecule has 0 aliphatic heterocycles. The zero-order valence-electron chi connectivity index (χ0n) is 14.5. The van der Waals surface area contributed by atoms with E-state index in [-0.39, 0.29) is 11.7 Å². The summed E-state index contributed by atoms with van der Waals surface area (Å²) >= 11 is 1.25. The van der Waals surface area contributed by atoms with Crippen LogP contribution in [0.3, 0.4) is 0 Å². The monoisotopic (exact) mass is 363 g/mol. The second-order valence-electron chi connectivity index (χ2n) is 5.98. The van der Waals surface area contributed by atoms with Gasteiger partial charge in [-0.05, 0) is 37.6 Å². The lowest BCUT2D eigenvalue weighted by atomic mass is 10.2. The van der Waals surface area contributed by atoms with Crippen molar-refractivity contribution >= 4 is 28.6 Å². The normalized spacial score (nSPS) is 11.2. The molecule has 2 aromatic heterocycles. The number of aromatic nitrogens is 3. The Kier molecular flexibility index (Phi) is 4.34. The Morgan fingerprint density at radius 1 is 1.04 bits per heavy atom. The Bertz CT molecular complexity index is 1080. The Morgan fingerprint density at radius 2 is 1.77 bits per heavy atom. The molecule has 26 heavy (non-hydrogen) atoms. The molecule has 0 aliphatic rings. The third-order valence-corrected chi connectivity index (χ3v) is 5.23. The smallest absolute Gasteiger partial charge is 0.277 e. The lowest BCUT2D eigenvalue weighted by Crippen LogP contribution is -2.14. The average molecular weight is 363 g/mol. The van der Waals surface area contributed by atoms with Gasteiger partial charge in [0, 0.05) is 16.6 Å². The van der Waals surface area contributed by atoms with Crippen LogP contribution in [0.4, 0.5) is 0 Å². The molecule has 0 saturated heterocycles. The van der Waals surface area contributed by atoms with E-state index in [1.807, 2.05) is 68.4 Å². The highest BCUT2D eigenvalue weighted by atomic mass is 32.2. The number of para-hydroxylation sites is 1. The van der Waals surface area contributed by atoms with E-state index in [0.717, 1.165) is 27.7 Å². The molecule has 2 aromatic carbocycles. The number of thioether (sulfide) groups is 1. The number of nitrogens with zero attached hydrogens (tertiary/aromatic N) is 3. The van der Waals surface area contributed by atoms with E-state index in [0.29, 0.717) is 11.1 Å². The average Bonchev–Trinajstić information content (AvgIpc) is 3.25. The van der Waals surface area contributed by atoms with Gasteiger partial charge >= 0.3 is 0 Å². The summed E-state index contributed by atoms with van der Waals surface area (Å²) in [4.78, 5) is 12.8. The van der Waals surface area contributed by atoms with E-state index in [1.54, 1.807) is 4.57 Å². The van der Waals surface area contributed by atoms with Gasteiger partial charge in [-0.1, -0.05) is 48.2 Å². The number of carbonyl (C=O) groups excluding carboxylic acids is 1. The molecule has 0 bridgehead atoms. The van der Waals surface area contributed by atoms with Crippen LogP contribution in [0.2, 0.25) is 0 Å². The van der Waals surface area contributed by atoms with E-state index >= 15 is 0 Å². The van der Waals surface area contributed by atoms with Gasteiger partial charge in [0.2, 0.25) is 11.8 Å². The molecule has 0 saturated carbocycles. The van der Waals surface area contributed by atoms with Gasteiger partial charge < -0.3 is 4.42 Å². The zero-order valence-corrected chi connectivity index (χ0v) is 15.3. The molecule has 4 rings (SSSR count). The number of carbonyl (C=O) groups is 1. The fourth-order valence-corrected chi connectivity index (χ4v) is 3.62. The largest absolute Gasteiger partial charge is 0.411 e. The van der Waals surface area contributed by atoms with E-state index < -0.39 is 0 Å². The summed E-state index contributed by atoms with van der Waals surface area (Å²) in [6, 6.07) is 17.5. The number of fused-ring (bicyclic) bond motifs is 1. The maximum atomic E-state index is 12.8. The van der Waals surface area contributed by atoms with Gasteiger partial charge in [0.1, 0.15) is 0 Å². The van der Waals surface area contributed by atoms with E-state index in [4.69, 9.17) is 4.42 Å². The first-order valence-corrected chi connectivity index (χ1v) is 9.25. The summed E-state index contributed by atoms with van der Waals surface area (Å²) in [6.07, 6.45) is 0. The SMILES string of the molecule is Cc1c(C)n(C(=O)CSc2nnc(-c3ccccc3)o2)c2ccccc12. The molecule has 0 amide bonds. The first-order valence-electron chi connectivity index (χ1n) is 8.26. The molecular formula is C20H17N3O2S. The van der Waals surface area contributed by atoms with Crippen LogP contribution in [0, 0.1) is 13.8 Å². The van der Waals surface area contributed by atoms with Crippen LogP contribution in [0.1, 0.15) is 16.1 Å². The summed E-state index contributed by atoms with van der Waals surface area (Å²) in [5, 5.41) is 9.58. The van der Waals surface area contributed by atoms with Crippen molar-refractivity contribution in [2.45, 2.75) is 19.1 Å². The highest BCUT2D eigenvalue weighted by Crippen LogP contribution is 2.27. The van der Waals surface area contributed by atoms with Crippen molar-refractivity contribution in [3.8, 4) is 11.5 Å². The van der Waals surface area contributed by atoms with E-state index in [2.05, 4.69) is 10.2 Å². The highest BCUT2D eigenvalue weighted by molar-refractivity contribution is 7.99. The van der Waals surface area contributed by atoms with Crippen molar-refractivity contribution in [2.24, 2.45) is 0 Å². The first kappa shape index (κ1) is 16.6. The maximum absolute atomic E-state index is 12.8. The second-order valence-corrected chi connectivity index (χ2v) is 6.91. The Hall–Kier alpha value is -2.86. The molecule has 0 unspecified atom stereocenters. The molecule has 0 spiro atoms. The molecule has 4 aromatic rings. The standard InChI is InChI=1S/C20H17N3O2S/c1-13-14(2)23(17-11-7-6-10-16(13)17)18(24)12-26-20-22-21-19(25-20)15-8-4-3-5-9-15/h3-11H,12H2,1-2H3. The summed E-state index contributed by atoms with van der Waals surface area (Å²) in [5.74, 6) is 0.685. The van der Waals surface area contributed by atoms with E-state index in [1.165, 1.54) is 11.8 Å². The van der Waals surface area contributed by atoms with Crippen LogP contribution in [0.5, 0.6) is 0 Å². The van der Waals surface area contributed by atoms with Gasteiger partial charge in [-0.2, -0.15) is 0 Å². The number of aryl methyl sites for hydroxylation is 1. The van der Waals surface area contributed by atoms with Gasteiger partial charge in [-0.3, -0.25) is 9.36 Å². The van der Waals surface area contributed by atoms with Crippen molar-refractivity contribution in [3.05, 3.63) is 65.9 Å².